The number of hydrogen-bond donors (Lipinski definition) is 2. The summed E-state index contributed by atoms with van der Waals surface area (Å²) in [6, 6.07) is 11.3. The van der Waals surface area contributed by atoms with Gasteiger partial charge in [0.25, 0.3) is 0 Å². The minimum Gasteiger partial charge on any atom is -0.468 e. The van der Waals surface area contributed by atoms with Crippen molar-refractivity contribution >= 4 is 17.5 Å². The molecule has 4 nitrogen and oxygen atoms in total. The van der Waals surface area contributed by atoms with Crippen LogP contribution in [-0.4, -0.2) is 19.0 Å². The summed E-state index contributed by atoms with van der Waals surface area (Å²) in [5.74, 6) is 0.796. The molecule has 0 radical (unpaired) electrons. The first-order valence-corrected chi connectivity index (χ1v) is 6.86. The van der Waals surface area contributed by atoms with Crippen molar-refractivity contribution in [2.24, 2.45) is 0 Å². The van der Waals surface area contributed by atoms with Crippen LogP contribution in [0.2, 0.25) is 5.02 Å². The SMILES string of the molecule is O=C(CNCc1ccco1)NCCc1ccc(Cl)cc1. The summed E-state index contributed by atoms with van der Waals surface area (Å²) in [4.78, 5) is 11.6. The summed E-state index contributed by atoms with van der Waals surface area (Å²) in [6.07, 6.45) is 2.41. The fourth-order valence-electron chi connectivity index (χ4n) is 1.77. The lowest BCUT2D eigenvalue weighted by molar-refractivity contribution is -0.120. The van der Waals surface area contributed by atoms with Crippen LogP contribution in [0.5, 0.6) is 0 Å². The fourth-order valence-corrected chi connectivity index (χ4v) is 1.90. The van der Waals surface area contributed by atoms with Crippen LogP contribution in [0.3, 0.4) is 0 Å². The van der Waals surface area contributed by atoms with Crippen LogP contribution in [0, 0.1) is 0 Å². The highest BCUT2D eigenvalue weighted by Crippen LogP contribution is 2.09. The minimum atomic E-state index is -0.0227. The second-order valence-electron chi connectivity index (χ2n) is 4.41. The number of rotatable bonds is 7. The summed E-state index contributed by atoms with van der Waals surface area (Å²) in [5, 5.41) is 6.60. The van der Waals surface area contributed by atoms with E-state index in [0.717, 1.165) is 22.8 Å². The number of carbonyl (C=O) groups is 1. The molecule has 0 aliphatic heterocycles. The molecule has 1 aromatic carbocycles. The number of hydrogen-bond acceptors (Lipinski definition) is 3. The molecule has 2 N–H and O–H groups in total. The molecule has 0 bridgehead atoms. The van der Waals surface area contributed by atoms with E-state index in [1.165, 1.54) is 0 Å². The molecule has 1 aromatic heterocycles. The Bertz CT molecular complexity index is 523. The third-order valence-electron chi connectivity index (χ3n) is 2.81. The summed E-state index contributed by atoms with van der Waals surface area (Å²) in [6.45, 7) is 1.45. The summed E-state index contributed by atoms with van der Waals surface area (Å²) in [5.41, 5.74) is 1.15. The zero-order valence-electron chi connectivity index (χ0n) is 11.1. The van der Waals surface area contributed by atoms with Crippen molar-refractivity contribution in [1.82, 2.24) is 10.6 Å². The van der Waals surface area contributed by atoms with Crippen LogP contribution in [0.25, 0.3) is 0 Å². The number of furan rings is 1. The molecule has 1 amide bonds. The standard InChI is InChI=1S/C15H17ClN2O2/c16-13-5-3-12(4-6-13)7-8-18-15(19)11-17-10-14-2-1-9-20-14/h1-6,9,17H,7-8,10-11H2,(H,18,19). The highest BCUT2D eigenvalue weighted by Gasteiger charge is 2.01. The van der Waals surface area contributed by atoms with Crippen molar-refractivity contribution in [2.45, 2.75) is 13.0 Å². The van der Waals surface area contributed by atoms with Crippen molar-refractivity contribution in [3.8, 4) is 0 Å². The Kier molecular flexibility index (Phi) is 5.65. The number of benzene rings is 1. The van der Waals surface area contributed by atoms with Gasteiger partial charge in [0.05, 0.1) is 19.4 Å². The molecular weight excluding hydrogens is 276 g/mol. The monoisotopic (exact) mass is 292 g/mol. The Balaban J connectivity index is 1.59. The topological polar surface area (TPSA) is 54.3 Å². The van der Waals surface area contributed by atoms with E-state index in [0.29, 0.717) is 13.1 Å². The van der Waals surface area contributed by atoms with Crippen molar-refractivity contribution in [1.29, 1.82) is 0 Å². The van der Waals surface area contributed by atoms with Crippen LogP contribution in [0.15, 0.2) is 47.1 Å². The Morgan fingerprint density at radius 1 is 1.20 bits per heavy atom. The largest absolute Gasteiger partial charge is 0.468 e. The maximum absolute atomic E-state index is 11.6. The van der Waals surface area contributed by atoms with E-state index in [2.05, 4.69) is 10.6 Å². The van der Waals surface area contributed by atoms with E-state index in [1.54, 1.807) is 6.26 Å². The molecule has 0 spiro atoms. The van der Waals surface area contributed by atoms with Gasteiger partial charge in [-0.25, -0.2) is 0 Å². The molecule has 0 aliphatic rings. The van der Waals surface area contributed by atoms with Gasteiger partial charge in [-0.15, -0.1) is 0 Å². The van der Waals surface area contributed by atoms with Crippen molar-refractivity contribution in [3.63, 3.8) is 0 Å². The normalized spacial score (nSPS) is 10.4. The first-order chi connectivity index (χ1) is 9.74. The molecule has 20 heavy (non-hydrogen) atoms. The lowest BCUT2D eigenvalue weighted by Gasteiger charge is -2.06. The number of amides is 1. The van der Waals surface area contributed by atoms with Crippen LogP contribution < -0.4 is 10.6 Å². The number of halogens is 1. The average Bonchev–Trinajstić information content (AvgIpc) is 2.94. The predicted octanol–water partition coefficient (Wildman–Crippen LogP) is 2.38. The van der Waals surface area contributed by atoms with Crippen molar-refractivity contribution < 1.29 is 9.21 Å². The quantitative estimate of drug-likeness (QED) is 0.824. The van der Waals surface area contributed by atoms with E-state index in [9.17, 15) is 4.79 Å². The Hall–Kier alpha value is -1.78. The third-order valence-corrected chi connectivity index (χ3v) is 3.07. The van der Waals surface area contributed by atoms with E-state index in [-0.39, 0.29) is 12.5 Å². The predicted molar refractivity (Wildman–Crippen MR) is 78.6 cm³/mol. The smallest absolute Gasteiger partial charge is 0.233 e. The molecule has 0 unspecified atom stereocenters. The van der Waals surface area contributed by atoms with Crippen LogP contribution in [0.1, 0.15) is 11.3 Å². The fraction of sp³-hybridized carbons (Fsp3) is 0.267. The zero-order chi connectivity index (χ0) is 14.2. The van der Waals surface area contributed by atoms with Gasteiger partial charge in [-0.05, 0) is 36.2 Å². The van der Waals surface area contributed by atoms with Gasteiger partial charge in [0.1, 0.15) is 5.76 Å². The first kappa shape index (κ1) is 14.6. The molecule has 5 heteroatoms. The van der Waals surface area contributed by atoms with Gasteiger partial charge < -0.3 is 15.1 Å². The van der Waals surface area contributed by atoms with Gasteiger partial charge in [-0.3, -0.25) is 4.79 Å². The lowest BCUT2D eigenvalue weighted by Crippen LogP contribution is -2.34. The summed E-state index contributed by atoms with van der Waals surface area (Å²) in [7, 11) is 0. The summed E-state index contributed by atoms with van der Waals surface area (Å²) < 4.78 is 5.16. The van der Waals surface area contributed by atoms with Gasteiger partial charge in [-0.1, -0.05) is 23.7 Å². The molecule has 0 aliphatic carbocycles. The van der Waals surface area contributed by atoms with Gasteiger partial charge in [0, 0.05) is 11.6 Å². The van der Waals surface area contributed by atoms with Gasteiger partial charge in [0.15, 0.2) is 0 Å². The molecule has 0 saturated heterocycles. The maximum atomic E-state index is 11.6. The maximum Gasteiger partial charge on any atom is 0.233 e. The van der Waals surface area contributed by atoms with Crippen LogP contribution in [0.4, 0.5) is 0 Å². The second-order valence-corrected chi connectivity index (χ2v) is 4.85. The second kappa shape index (κ2) is 7.72. The molecule has 0 saturated carbocycles. The van der Waals surface area contributed by atoms with Crippen LogP contribution >= 0.6 is 11.6 Å². The molecule has 2 rings (SSSR count). The van der Waals surface area contributed by atoms with Gasteiger partial charge in [-0.2, -0.15) is 0 Å². The highest BCUT2D eigenvalue weighted by molar-refractivity contribution is 6.30. The molecule has 106 valence electrons. The summed E-state index contributed by atoms with van der Waals surface area (Å²) >= 11 is 5.81. The average molecular weight is 293 g/mol. The number of nitrogens with one attached hydrogen (secondary N) is 2. The van der Waals surface area contributed by atoms with E-state index < -0.39 is 0 Å². The minimum absolute atomic E-state index is 0.0227. The van der Waals surface area contributed by atoms with Gasteiger partial charge in [0.2, 0.25) is 5.91 Å². The first-order valence-electron chi connectivity index (χ1n) is 6.48. The Morgan fingerprint density at radius 3 is 2.70 bits per heavy atom. The third kappa shape index (κ3) is 5.07. The molecule has 0 fully saturated rings. The van der Waals surface area contributed by atoms with E-state index in [1.807, 2.05) is 36.4 Å². The zero-order valence-corrected chi connectivity index (χ0v) is 11.8. The van der Waals surface area contributed by atoms with Crippen molar-refractivity contribution in [2.75, 3.05) is 13.1 Å². The lowest BCUT2D eigenvalue weighted by atomic mass is 10.1. The number of carbonyl (C=O) groups excluding carboxylic acids is 1. The Labute approximate surface area is 123 Å². The molecule has 1 heterocycles. The molecule has 2 aromatic rings. The van der Waals surface area contributed by atoms with Crippen LogP contribution in [-0.2, 0) is 17.8 Å². The Morgan fingerprint density at radius 2 is 2.00 bits per heavy atom. The van der Waals surface area contributed by atoms with E-state index in [4.69, 9.17) is 16.0 Å². The molecule has 0 atom stereocenters. The molecular formula is C15H17ClN2O2. The van der Waals surface area contributed by atoms with E-state index >= 15 is 0 Å². The van der Waals surface area contributed by atoms with Gasteiger partial charge >= 0.3 is 0 Å². The van der Waals surface area contributed by atoms with Crippen molar-refractivity contribution in [3.05, 3.63) is 59.0 Å². The highest BCUT2D eigenvalue weighted by atomic mass is 35.5.